The predicted molar refractivity (Wildman–Crippen MR) is 78.0 cm³/mol. The zero-order valence-corrected chi connectivity index (χ0v) is 11.4. The van der Waals surface area contributed by atoms with Crippen molar-refractivity contribution < 1.29 is 4.42 Å². The number of allylic oxidation sites excluding steroid dienone is 4. The predicted octanol–water partition coefficient (Wildman–Crippen LogP) is 3.95. The van der Waals surface area contributed by atoms with Gasteiger partial charge in [-0.2, -0.15) is 0 Å². The van der Waals surface area contributed by atoms with E-state index in [0.29, 0.717) is 16.8 Å². The minimum Gasteiger partial charge on any atom is -0.419 e. The van der Waals surface area contributed by atoms with E-state index in [4.69, 9.17) is 4.42 Å². The van der Waals surface area contributed by atoms with Crippen molar-refractivity contribution in [1.29, 1.82) is 0 Å². The molecule has 0 aliphatic heterocycles. The summed E-state index contributed by atoms with van der Waals surface area (Å²) in [6.45, 7) is 6.01. The zero-order valence-electron chi connectivity index (χ0n) is 11.4. The van der Waals surface area contributed by atoms with Gasteiger partial charge in [0.25, 0.3) is 0 Å². The third kappa shape index (κ3) is 2.81. The van der Waals surface area contributed by atoms with Gasteiger partial charge in [-0.1, -0.05) is 36.8 Å². The second-order valence-electron chi connectivity index (χ2n) is 4.41. The van der Waals surface area contributed by atoms with E-state index >= 15 is 0 Å². The normalized spacial score (nSPS) is 13.0. The van der Waals surface area contributed by atoms with Crippen LogP contribution < -0.4 is 5.63 Å². The largest absolute Gasteiger partial charge is 0.419 e. The molecule has 3 heteroatoms. The lowest BCUT2D eigenvalue weighted by Gasteiger charge is -2.03. The quantitative estimate of drug-likeness (QED) is 0.780. The lowest BCUT2D eigenvalue weighted by atomic mass is 10.1. The molecule has 0 fully saturated rings. The molecule has 1 aromatic carbocycles. The van der Waals surface area contributed by atoms with Crippen molar-refractivity contribution in [3.05, 3.63) is 58.1 Å². The maximum absolute atomic E-state index is 12.0. The molecule has 0 unspecified atom stereocenters. The van der Waals surface area contributed by atoms with Gasteiger partial charge in [-0.25, -0.2) is 9.78 Å². The fourth-order valence-electron chi connectivity index (χ4n) is 1.79. The molecule has 2 rings (SSSR count). The number of para-hydroxylation sites is 2. The molecule has 1 aromatic heterocycles. The first kappa shape index (κ1) is 13.3. The Morgan fingerprint density at radius 3 is 2.79 bits per heavy atom. The highest BCUT2D eigenvalue weighted by atomic mass is 16.4. The monoisotopic (exact) mass is 255 g/mol. The van der Waals surface area contributed by atoms with Gasteiger partial charge < -0.3 is 4.42 Å². The SMILES string of the molecule is C/C=C(\C=C(\C)CC)c1nc2ccccc2oc1=O. The van der Waals surface area contributed by atoms with Crippen molar-refractivity contribution in [2.75, 3.05) is 0 Å². The minimum atomic E-state index is -0.396. The van der Waals surface area contributed by atoms with E-state index < -0.39 is 5.63 Å². The Kier molecular flexibility index (Phi) is 3.95. The molecule has 0 saturated carbocycles. The van der Waals surface area contributed by atoms with Gasteiger partial charge in [-0.05, 0) is 32.4 Å². The van der Waals surface area contributed by atoms with Crippen LogP contribution in [0.25, 0.3) is 16.7 Å². The zero-order chi connectivity index (χ0) is 13.8. The third-order valence-corrected chi connectivity index (χ3v) is 3.04. The molecule has 0 saturated heterocycles. The first-order valence-electron chi connectivity index (χ1n) is 6.39. The highest BCUT2D eigenvalue weighted by Crippen LogP contribution is 2.17. The Labute approximate surface area is 112 Å². The maximum atomic E-state index is 12.0. The molecule has 1 heterocycles. The van der Waals surface area contributed by atoms with Gasteiger partial charge in [0.1, 0.15) is 5.52 Å². The summed E-state index contributed by atoms with van der Waals surface area (Å²) in [5.74, 6) is 0. The smallest absolute Gasteiger partial charge is 0.363 e. The summed E-state index contributed by atoms with van der Waals surface area (Å²) in [7, 11) is 0. The number of aromatic nitrogens is 1. The molecule has 0 atom stereocenters. The maximum Gasteiger partial charge on any atom is 0.363 e. The van der Waals surface area contributed by atoms with Gasteiger partial charge in [-0.3, -0.25) is 0 Å². The Balaban J connectivity index is 2.61. The fraction of sp³-hybridized carbons (Fsp3) is 0.250. The second-order valence-corrected chi connectivity index (χ2v) is 4.41. The lowest BCUT2D eigenvalue weighted by Crippen LogP contribution is -2.09. The first-order chi connectivity index (χ1) is 9.15. The number of nitrogens with zero attached hydrogens (tertiary/aromatic N) is 1. The van der Waals surface area contributed by atoms with Crippen LogP contribution in [0.1, 0.15) is 32.9 Å². The summed E-state index contributed by atoms with van der Waals surface area (Å²) in [6, 6.07) is 7.29. The van der Waals surface area contributed by atoms with Crippen LogP contribution >= 0.6 is 0 Å². The van der Waals surface area contributed by atoms with Crippen LogP contribution in [0.2, 0.25) is 0 Å². The van der Waals surface area contributed by atoms with Crippen LogP contribution in [0, 0.1) is 0 Å². The lowest BCUT2D eigenvalue weighted by molar-refractivity contribution is 0.552. The van der Waals surface area contributed by atoms with Crippen LogP contribution in [-0.4, -0.2) is 4.98 Å². The number of rotatable bonds is 3. The van der Waals surface area contributed by atoms with Crippen LogP contribution in [0.5, 0.6) is 0 Å². The Hall–Kier alpha value is -2.16. The van der Waals surface area contributed by atoms with E-state index in [9.17, 15) is 4.79 Å². The summed E-state index contributed by atoms with van der Waals surface area (Å²) in [5, 5.41) is 0. The number of benzene rings is 1. The van der Waals surface area contributed by atoms with Crippen LogP contribution in [0.15, 0.2) is 51.2 Å². The van der Waals surface area contributed by atoms with Crippen molar-refractivity contribution >= 4 is 16.7 Å². The average molecular weight is 255 g/mol. The van der Waals surface area contributed by atoms with Crippen molar-refractivity contribution in [1.82, 2.24) is 4.98 Å². The summed E-state index contributed by atoms with van der Waals surface area (Å²) >= 11 is 0. The molecule has 0 aliphatic rings. The van der Waals surface area contributed by atoms with E-state index in [0.717, 1.165) is 12.0 Å². The molecule has 0 amide bonds. The second kappa shape index (κ2) is 5.65. The molecule has 0 N–H and O–H groups in total. The molecule has 0 aliphatic carbocycles. The van der Waals surface area contributed by atoms with Gasteiger partial charge >= 0.3 is 5.63 Å². The van der Waals surface area contributed by atoms with Gasteiger partial charge in [0.15, 0.2) is 11.3 Å². The van der Waals surface area contributed by atoms with Crippen LogP contribution in [-0.2, 0) is 0 Å². The Bertz CT molecular complexity index is 708. The Morgan fingerprint density at radius 1 is 1.37 bits per heavy atom. The van der Waals surface area contributed by atoms with Crippen molar-refractivity contribution in [2.24, 2.45) is 0 Å². The fourth-order valence-corrected chi connectivity index (χ4v) is 1.79. The molecule has 0 bridgehead atoms. The average Bonchev–Trinajstić information content (AvgIpc) is 2.44. The van der Waals surface area contributed by atoms with E-state index in [-0.39, 0.29) is 0 Å². The third-order valence-electron chi connectivity index (χ3n) is 3.04. The minimum absolute atomic E-state index is 0.369. The molecule has 0 radical (unpaired) electrons. The number of hydrogen-bond donors (Lipinski definition) is 0. The number of fused-ring (bicyclic) bond motifs is 1. The molecule has 98 valence electrons. The molecular formula is C16H17NO2. The highest BCUT2D eigenvalue weighted by molar-refractivity contribution is 5.77. The Morgan fingerprint density at radius 2 is 2.11 bits per heavy atom. The van der Waals surface area contributed by atoms with Crippen LogP contribution in [0.4, 0.5) is 0 Å². The first-order valence-corrected chi connectivity index (χ1v) is 6.39. The van der Waals surface area contributed by atoms with E-state index in [1.54, 1.807) is 6.07 Å². The standard InChI is InChI=1S/C16H17NO2/c1-4-11(3)10-12(5-2)15-16(18)19-14-9-7-6-8-13(14)17-15/h5-10H,4H2,1-3H3/b11-10-,12-5+. The molecule has 19 heavy (non-hydrogen) atoms. The van der Waals surface area contributed by atoms with Gasteiger partial charge in [0, 0.05) is 5.57 Å². The van der Waals surface area contributed by atoms with E-state index in [1.165, 1.54) is 5.57 Å². The number of hydrogen-bond acceptors (Lipinski definition) is 3. The summed E-state index contributed by atoms with van der Waals surface area (Å²) < 4.78 is 5.30. The summed E-state index contributed by atoms with van der Waals surface area (Å²) in [5.41, 5.74) is 3.18. The molecule has 3 nitrogen and oxygen atoms in total. The van der Waals surface area contributed by atoms with Crippen LogP contribution in [0.3, 0.4) is 0 Å². The topological polar surface area (TPSA) is 43.1 Å². The van der Waals surface area contributed by atoms with Gasteiger partial charge in [0.2, 0.25) is 0 Å². The molecule has 2 aromatic rings. The van der Waals surface area contributed by atoms with Crippen molar-refractivity contribution in [2.45, 2.75) is 27.2 Å². The molecular weight excluding hydrogens is 238 g/mol. The molecule has 0 spiro atoms. The van der Waals surface area contributed by atoms with E-state index in [2.05, 4.69) is 11.9 Å². The van der Waals surface area contributed by atoms with E-state index in [1.807, 2.05) is 44.2 Å². The summed E-state index contributed by atoms with van der Waals surface area (Å²) in [4.78, 5) is 16.4. The van der Waals surface area contributed by atoms with Crippen molar-refractivity contribution in [3.8, 4) is 0 Å². The highest BCUT2D eigenvalue weighted by Gasteiger charge is 2.09. The summed E-state index contributed by atoms with van der Waals surface area (Å²) in [6.07, 6.45) is 4.80. The van der Waals surface area contributed by atoms with Gasteiger partial charge in [0.05, 0.1) is 0 Å². The van der Waals surface area contributed by atoms with Gasteiger partial charge in [-0.15, -0.1) is 0 Å². The van der Waals surface area contributed by atoms with Crippen molar-refractivity contribution in [3.63, 3.8) is 0 Å².